The Kier molecular flexibility index (Phi) is 4.36. The highest BCUT2D eigenvalue weighted by molar-refractivity contribution is 5.73. The molecule has 8 heteroatoms. The van der Waals surface area contributed by atoms with Crippen molar-refractivity contribution in [3.8, 4) is 0 Å². The molecule has 1 heterocycles. The fourth-order valence-electron chi connectivity index (χ4n) is 1.19. The number of amides is 2. The van der Waals surface area contributed by atoms with Crippen LogP contribution in [0.3, 0.4) is 0 Å². The summed E-state index contributed by atoms with van der Waals surface area (Å²) in [7, 11) is 1.75. The van der Waals surface area contributed by atoms with E-state index in [1.54, 1.807) is 29.3 Å². The van der Waals surface area contributed by atoms with Crippen molar-refractivity contribution in [2.24, 2.45) is 7.05 Å². The number of alkyl halides is 3. The molecule has 0 atom stereocenters. The summed E-state index contributed by atoms with van der Waals surface area (Å²) in [5.74, 6) is 0. The zero-order valence-electron chi connectivity index (χ0n) is 9.21. The Balaban J connectivity index is 2.19. The highest BCUT2D eigenvalue weighted by Crippen LogP contribution is 2.11. The second kappa shape index (κ2) is 5.55. The van der Waals surface area contributed by atoms with Gasteiger partial charge in [-0.05, 0) is 6.07 Å². The molecule has 0 radical (unpaired) electrons. The van der Waals surface area contributed by atoms with Gasteiger partial charge in [-0.15, -0.1) is 0 Å². The predicted molar refractivity (Wildman–Crippen MR) is 54.4 cm³/mol. The highest BCUT2D eigenvalue weighted by atomic mass is 19.4. The van der Waals surface area contributed by atoms with E-state index in [1.165, 1.54) is 0 Å². The molecule has 0 saturated carbocycles. The van der Waals surface area contributed by atoms with Gasteiger partial charge < -0.3 is 10.6 Å². The first kappa shape index (κ1) is 13.3. The van der Waals surface area contributed by atoms with E-state index in [0.717, 1.165) is 5.69 Å². The normalized spacial score (nSPS) is 11.3. The largest absolute Gasteiger partial charge is 0.405 e. The Labute approximate surface area is 96.0 Å². The summed E-state index contributed by atoms with van der Waals surface area (Å²) >= 11 is 0. The molecule has 0 fully saturated rings. The van der Waals surface area contributed by atoms with Crippen LogP contribution in [-0.4, -0.2) is 35.1 Å². The van der Waals surface area contributed by atoms with Crippen molar-refractivity contribution in [1.82, 2.24) is 20.4 Å². The summed E-state index contributed by atoms with van der Waals surface area (Å²) < 4.78 is 36.9. The second-order valence-electron chi connectivity index (χ2n) is 3.42. The van der Waals surface area contributed by atoms with Crippen LogP contribution in [-0.2, 0) is 13.5 Å². The highest BCUT2D eigenvalue weighted by Gasteiger charge is 2.27. The lowest BCUT2D eigenvalue weighted by Gasteiger charge is -2.09. The predicted octanol–water partition coefficient (Wildman–Crippen LogP) is 0.824. The van der Waals surface area contributed by atoms with Crippen LogP contribution in [0.5, 0.6) is 0 Å². The van der Waals surface area contributed by atoms with Crippen LogP contribution in [0.2, 0.25) is 0 Å². The van der Waals surface area contributed by atoms with E-state index in [2.05, 4.69) is 10.4 Å². The van der Waals surface area contributed by atoms with E-state index < -0.39 is 18.8 Å². The van der Waals surface area contributed by atoms with Gasteiger partial charge in [0.2, 0.25) is 0 Å². The number of aryl methyl sites for hydroxylation is 1. The molecular weight excluding hydrogens is 237 g/mol. The van der Waals surface area contributed by atoms with E-state index in [1.807, 2.05) is 0 Å². The van der Waals surface area contributed by atoms with Crippen molar-refractivity contribution in [3.63, 3.8) is 0 Å². The number of carbonyl (C=O) groups excluding carboxylic acids is 1. The molecule has 0 aliphatic heterocycles. The lowest BCUT2D eigenvalue weighted by atomic mass is 10.3. The molecule has 17 heavy (non-hydrogen) atoms. The molecule has 0 aliphatic carbocycles. The third-order valence-electron chi connectivity index (χ3n) is 2.04. The minimum atomic E-state index is -4.39. The summed E-state index contributed by atoms with van der Waals surface area (Å²) in [6.07, 6.45) is -2.27. The number of halogens is 3. The number of nitrogens with zero attached hydrogens (tertiary/aromatic N) is 2. The van der Waals surface area contributed by atoms with Crippen LogP contribution in [0.15, 0.2) is 12.3 Å². The van der Waals surface area contributed by atoms with Crippen molar-refractivity contribution < 1.29 is 18.0 Å². The van der Waals surface area contributed by atoms with Crippen molar-refractivity contribution >= 4 is 6.03 Å². The molecule has 0 aromatic carbocycles. The molecule has 1 aromatic rings. The maximum absolute atomic E-state index is 11.8. The lowest BCUT2D eigenvalue weighted by molar-refractivity contribution is -0.122. The van der Waals surface area contributed by atoms with Crippen LogP contribution in [0, 0.1) is 0 Å². The Hall–Kier alpha value is -1.73. The second-order valence-corrected chi connectivity index (χ2v) is 3.42. The fourth-order valence-corrected chi connectivity index (χ4v) is 1.19. The third kappa shape index (κ3) is 5.23. The third-order valence-corrected chi connectivity index (χ3v) is 2.04. The zero-order valence-corrected chi connectivity index (χ0v) is 9.21. The first-order valence-corrected chi connectivity index (χ1v) is 4.94. The SMILES string of the molecule is Cn1nccc1CCNC(=O)NCC(F)(F)F. The molecule has 96 valence electrons. The van der Waals surface area contributed by atoms with Crippen molar-refractivity contribution in [1.29, 1.82) is 0 Å². The monoisotopic (exact) mass is 250 g/mol. The maximum atomic E-state index is 11.8. The van der Waals surface area contributed by atoms with E-state index in [-0.39, 0.29) is 6.54 Å². The van der Waals surface area contributed by atoms with Crippen LogP contribution in [0.1, 0.15) is 5.69 Å². The van der Waals surface area contributed by atoms with Gasteiger partial charge in [-0.3, -0.25) is 4.68 Å². The minimum Gasteiger partial charge on any atom is -0.338 e. The van der Waals surface area contributed by atoms with Gasteiger partial charge in [0.25, 0.3) is 0 Å². The molecule has 1 aromatic heterocycles. The molecular formula is C9H13F3N4O. The number of rotatable bonds is 4. The lowest BCUT2D eigenvalue weighted by Crippen LogP contribution is -2.41. The smallest absolute Gasteiger partial charge is 0.338 e. The quantitative estimate of drug-likeness (QED) is 0.831. The van der Waals surface area contributed by atoms with Crippen molar-refractivity contribution in [3.05, 3.63) is 18.0 Å². The maximum Gasteiger partial charge on any atom is 0.405 e. The molecule has 5 nitrogen and oxygen atoms in total. The molecule has 0 unspecified atom stereocenters. The number of urea groups is 1. The number of hydrogen-bond acceptors (Lipinski definition) is 2. The topological polar surface area (TPSA) is 59.0 Å². The molecule has 0 saturated heterocycles. The molecule has 0 spiro atoms. The summed E-state index contributed by atoms with van der Waals surface area (Å²) in [6, 6.07) is 0.944. The zero-order chi connectivity index (χ0) is 12.9. The Morgan fingerprint density at radius 2 is 2.18 bits per heavy atom. The fraction of sp³-hybridized carbons (Fsp3) is 0.556. The molecule has 2 N–H and O–H groups in total. The van der Waals surface area contributed by atoms with Gasteiger partial charge in [-0.2, -0.15) is 18.3 Å². The standard InChI is InChI=1S/C9H13F3N4O/c1-16-7(3-5-15-16)2-4-13-8(17)14-6-9(10,11)12/h3,5H,2,4,6H2,1H3,(H2,13,14,17). The summed E-state index contributed by atoms with van der Waals surface area (Å²) in [5, 5.41) is 7.97. The van der Waals surface area contributed by atoms with Gasteiger partial charge in [-0.1, -0.05) is 0 Å². The first-order chi connectivity index (χ1) is 7.88. The van der Waals surface area contributed by atoms with E-state index in [0.29, 0.717) is 6.42 Å². The van der Waals surface area contributed by atoms with Crippen molar-refractivity contribution in [2.45, 2.75) is 12.6 Å². The summed E-state index contributed by atoms with van der Waals surface area (Å²) in [6.45, 7) is -1.08. The number of aromatic nitrogens is 2. The minimum absolute atomic E-state index is 0.253. The molecule has 0 aliphatic rings. The Morgan fingerprint density at radius 3 is 2.71 bits per heavy atom. The number of carbonyl (C=O) groups is 1. The van der Waals surface area contributed by atoms with Crippen molar-refractivity contribution in [2.75, 3.05) is 13.1 Å². The van der Waals surface area contributed by atoms with Gasteiger partial charge in [0.1, 0.15) is 6.54 Å². The molecule has 2 amide bonds. The van der Waals surface area contributed by atoms with Crippen LogP contribution in [0.4, 0.5) is 18.0 Å². The molecule has 1 rings (SSSR count). The number of hydrogen-bond donors (Lipinski definition) is 2. The van der Waals surface area contributed by atoms with Crippen LogP contribution < -0.4 is 10.6 Å². The average molecular weight is 250 g/mol. The van der Waals surface area contributed by atoms with Gasteiger partial charge in [-0.25, -0.2) is 4.79 Å². The average Bonchev–Trinajstić information content (AvgIpc) is 2.61. The summed E-state index contributed by atoms with van der Waals surface area (Å²) in [4.78, 5) is 11.0. The van der Waals surface area contributed by atoms with Gasteiger partial charge in [0, 0.05) is 31.9 Å². The van der Waals surface area contributed by atoms with Gasteiger partial charge in [0.05, 0.1) is 0 Å². The molecule has 0 bridgehead atoms. The Bertz CT molecular complexity index is 375. The van der Waals surface area contributed by atoms with E-state index in [9.17, 15) is 18.0 Å². The van der Waals surface area contributed by atoms with Crippen LogP contribution in [0.25, 0.3) is 0 Å². The number of nitrogens with one attached hydrogen (secondary N) is 2. The Morgan fingerprint density at radius 1 is 1.47 bits per heavy atom. The van der Waals surface area contributed by atoms with Gasteiger partial charge in [0.15, 0.2) is 0 Å². The van der Waals surface area contributed by atoms with E-state index >= 15 is 0 Å². The van der Waals surface area contributed by atoms with Crippen LogP contribution >= 0.6 is 0 Å². The van der Waals surface area contributed by atoms with Gasteiger partial charge >= 0.3 is 12.2 Å². The van der Waals surface area contributed by atoms with E-state index in [4.69, 9.17) is 0 Å². The first-order valence-electron chi connectivity index (χ1n) is 4.94. The summed E-state index contributed by atoms with van der Waals surface area (Å²) in [5.41, 5.74) is 0.890.